The molecular weight excluding hydrogens is 210 g/mol. The van der Waals surface area contributed by atoms with Gasteiger partial charge in [-0.25, -0.2) is 9.59 Å². The Balaban J connectivity index is 3.37. The van der Waals surface area contributed by atoms with Gasteiger partial charge in [0.05, 0.1) is 6.54 Å². The molecule has 0 bridgehead atoms. The summed E-state index contributed by atoms with van der Waals surface area (Å²) in [5.74, 6) is -0.491. The van der Waals surface area contributed by atoms with Crippen molar-refractivity contribution in [1.29, 1.82) is 0 Å². The Bertz CT molecular complexity index is 241. The summed E-state index contributed by atoms with van der Waals surface area (Å²) < 4.78 is 4.68. The Labute approximate surface area is 95.6 Å². The van der Waals surface area contributed by atoms with Gasteiger partial charge in [0.1, 0.15) is 6.61 Å². The molecule has 0 rings (SSSR count). The zero-order chi connectivity index (χ0) is 12.4. The largest absolute Gasteiger partial charge is 0.461 e. The highest BCUT2D eigenvalue weighted by atomic mass is 16.5. The van der Waals surface area contributed by atoms with E-state index in [1.165, 1.54) is 0 Å². The molecule has 2 N–H and O–H groups in total. The lowest BCUT2D eigenvalue weighted by Gasteiger charge is -2.11. The first-order valence-electron chi connectivity index (χ1n) is 5.02. The van der Waals surface area contributed by atoms with Crippen molar-refractivity contribution >= 4 is 12.0 Å². The Kier molecular flexibility index (Phi) is 7.87. The van der Waals surface area contributed by atoms with E-state index < -0.39 is 5.97 Å². The average Bonchev–Trinajstić information content (AvgIpc) is 2.23. The van der Waals surface area contributed by atoms with Gasteiger partial charge in [0.2, 0.25) is 0 Å². The van der Waals surface area contributed by atoms with Crippen molar-refractivity contribution in [3.8, 4) is 0 Å². The highest BCUT2D eigenvalue weighted by Gasteiger charge is 2.00. The molecule has 0 fully saturated rings. The predicted molar refractivity (Wildman–Crippen MR) is 61.1 cm³/mol. The number of likely N-dealkylation sites (N-methyl/N-ethyl adjacent to an activating group) is 1. The molecule has 6 nitrogen and oxygen atoms in total. The lowest BCUT2D eigenvalue weighted by atomic mass is 10.5. The topological polar surface area (TPSA) is 70.7 Å². The maximum Gasteiger partial charge on any atom is 0.330 e. The zero-order valence-electron chi connectivity index (χ0n) is 9.78. The fraction of sp³-hybridized carbons (Fsp3) is 0.600. The standard InChI is InChI=1S/C10H19N3O3/c1-4-9(14)16-8-6-12-10(15)11-5-7-13(2)3/h4H,1,5-8H2,2-3H3,(H2,11,12,15). The molecule has 0 atom stereocenters. The van der Waals surface area contributed by atoms with Gasteiger partial charge in [-0.3, -0.25) is 0 Å². The van der Waals surface area contributed by atoms with E-state index in [0.717, 1.165) is 12.6 Å². The summed E-state index contributed by atoms with van der Waals surface area (Å²) >= 11 is 0. The zero-order valence-corrected chi connectivity index (χ0v) is 9.78. The van der Waals surface area contributed by atoms with E-state index in [0.29, 0.717) is 6.54 Å². The second-order valence-corrected chi connectivity index (χ2v) is 3.36. The minimum atomic E-state index is -0.491. The average molecular weight is 229 g/mol. The number of carbonyl (C=O) groups excluding carboxylic acids is 2. The van der Waals surface area contributed by atoms with Crippen molar-refractivity contribution in [3.05, 3.63) is 12.7 Å². The molecule has 0 saturated carbocycles. The van der Waals surface area contributed by atoms with E-state index >= 15 is 0 Å². The third-order valence-corrected chi connectivity index (χ3v) is 1.64. The molecule has 0 spiro atoms. The number of urea groups is 1. The van der Waals surface area contributed by atoms with Gasteiger partial charge in [0, 0.05) is 19.2 Å². The summed E-state index contributed by atoms with van der Waals surface area (Å²) in [6.45, 7) is 5.03. The number of esters is 1. The summed E-state index contributed by atoms with van der Waals surface area (Å²) in [6.07, 6.45) is 1.08. The molecule has 0 aromatic heterocycles. The van der Waals surface area contributed by atoms with E-state index in [1.54, 1.807) is 0 Å². The minimum Gasteiger partial charge on any atom is -0.461 e. The Morgan fingerprint density at radius 2 is 1.94 bits per heavy atom. The van der Waals surface area contributed by atoms with E-state index in [-0.39, 0.29) is 19.2 Å². The predicted octanol–water partition coefficient (Wildman–Crippen LogP) is -0.424. The van der Waals surface area contributed by atoms with E-state index in [1.807, 2.05) is 19.0 Å². The number of hydrogen-bond donors (Lipinski definition) is 2. The van der Waals surface area contributed by atoms with Crippen LogP contribution in [0.3, 0.4) is 0 Å². The molecule has 92 valence electrons. The molecule has 0 heterocycles. The van der Waals surface area contributed by atoms with Gasteiger partial charge in [0.25, 0.3) is 0 Å². The van der Waals surface area contributed by atoms with Crippen molar-refractivity contribution < 1.29 is 14.3 Å². The highest BCUT2D eigenvalue weighted by molar-refractivity contribution is 5.81. The number of nitrogens with zero attached hydrogens (tertiary/aromatic N) is 1. The monoisotopic (exact) mass is 229 g/mol. The van der Waals surface area contributed by atoms with Crippen LogP contribution in [0.5, 0.6) is 0 Å². The normalized spacial score (nSPS) is 9.69. The van der Waals surface area contributed by atoms with Crippen LogP contribution in [0, 0.1) is 0 Å². The summed E-state index contributed by atoms with van der Waals surface area (Å²) in [5, 5.41) is 5.22. The molecule has 0 aliphatic rings. The first-order valence-corrected chi connectivity index (χ1v) is 5.02. The molecular formula is C10H19N3O3. The summed E-state index contributed by atoms with van der Waals surface area (Å²) in [7, 11) is 3.85. The summed E-state index contributed by atoms with van der Waals surface area (Å²) in [5.41, 5.74) is 0. The van der Waals surface area contributed by atoms with Gasteiger partial charge < -0.3 is 20.3 Å². The minimum absolute atomic E-state index is 0.145. The van der Waals surface area contributed by atoms with Crippen LogP contribution in [0.15, 0.2) is 12.7 Å². The molecule has 0 aromatic carbocycles. The maximum absolute atomic E-state index is 11.1. The van der Waals surface area contributed by atoms with Gasteiger partial charge >= 0.3 is 12.0 Å². The Hall–Kier alpha value is -1.56. The van der Waals surface area contributed by atoms with Crippen LogP contribution in [0.25, 0.3) is 0 Å². The van der Waals surface area contributed by atoms with Crippen molar-refractivity contribution in [3.63, 3.8) is 0 Å². The molecule has 0 radical (unpaired) electrons. The van der Waals surface area contributed by atoms with E-state index in [9.17, 15) is 9.59 Å². The van der Waals surface area contributed by atoms with Gasteiger partial charge in [-0.05, 0) is 14.1 Å². The highest BCUT2D eigenvalue weighted by Crippen LogP contribution is 1.77. The van der Waals surface area contributed by atoms with Crippen LogP contribution in [0.1, 0.15) is 0 Å². The Morgan fingerprint density at radius 1 is 1.31 bits per heavy atom. The van der Waals surface area contributed by atoms with Crippen LogP contribution >= 0.6 is 0 Å². The van der Waals surface area contributed by atoms with Crippen LogP contribution < -0.4 is 10.6 Å². The molecule has 0 aliphatic carbocycles. The van der Waals surface area contributed by atoms with Gasteiger partial charge in [0.15, 0.2) is 0 Å². The lowest BCUT2D eigenvalue weighted by molar-refractivity contribution is -0.137. The molecule has 16 heavy (non-hydrogen) atoms. The van der Waals surface area contributed by atoms with Crippen LogP contribution in [-0.2, 0) is 9.53 Å². The fourth-order valence-corrected chi connectivity index (χ4v) is 0.831. The first kappa shape index (κ1) is 14.4. The lowest BCUT2D eigenvalue weighted by Crippen LogP contribution is -2.40. The number of nitrogens with one attached hydrogen (secondary N) is 2. The van der Waals surface area contributed by atoms with Crippen molar-refractivity contribution in [1.82, 2.24) is 15.5 Å². The summed E-state index contributed by atoms with van der Waals surface area (Å²) in [4.78, 5) is 23.7. The number of hydrogen-bond acceptors (Lipinski definition) is 4. The van der Waals surface area contributed by atoms with Gasteiger partial charge in [-0.1, -0.05) is 6.58 Å². The van der Waals surface area contributed by atoms with Crippen LogP contribution in [-0.4, -0.2) is 57.2 Å². The SMILES string of the molecule is C=CC(=O)OCCNC(=O)NCCN(C)C. The molecule has 0 unspecified atom stereocenters. The van der Waals surface area contributed by atoms with Gasteiger partial charge in [-0.2, -0.15) is 0 Å². The van der Waals surface area contributed by atoms with E-state index in [2.05, 4.69) is 21.9 Å². The second-order valence-electron chi connectivity index (χ2n) is 3.36. The smallest absolute Gasteiger partial charge is 0.330 e. The third kappa shape index (κ3) is 9.01. The van der Waals surface area contributed by atoms with Crippen LogP contribution in [0.2, 0.25) is 0 Å². The fourth-order valence-electron chi connectivity index (χ4n) is 0.831. The van der Waals surface area contributed by atoms with Gasteiger partial charge in [-0.15, -0.1) is 0 Å². The second kappa shape index (κ2) is 8.72. The maximum atomic E-state index is 11.1. The number of ether oxygens (including phenoxy) is 1. The van der Waals surface area contributed by atoms with Crippen molar-refractivity contribution in [2.75, 3.05) is 40.3 Å². The molecule has 0 saturated heterocycles. The van der Waals surface area contributed by atoms with Crippen molar-refractivity contribution in [2.45, 2.75) is 0 Å². The first-order chi connectivity index (χ1) is 7.56. The molecule has 0 aromatic rings. The molecule has 6 heteroatoms. The number of carbonyl (C=O) groups is 2. The molecule has 2 amide bonds. The van der Waals surface area contributed by atoms with Crippen LogP contribution in [0.4, 0.5) is 4.79 Å². The Morgan fingerprint density at radius 3 is 2.50 bits per heavy atom. The molecule has 0 aliphatic heterocycles. The number of rotatable bonds is 7. The number of amides is 2. The van der Waals surface area contributed by atoms with Crippen molar-refractivity contribution in [2.24, 2.45) is 0 Å². The quantitative estimate of drug-likeness (QED) is 0.353. The summed E-state index contributed by atoms with van der Waals surface area (Å²) in [6, 6.07) is -0.267. The van der Waals surface area contributed by atoms with E-state index in [4.69, 9.17) is 0 Å². The third-order valence-electron chi connectivity index (χ3n) is 1.64.